The normalized spacial score (nSPS) is 19.4. The molecule has 0 unspecified atom stereocenters. The highest BCUT2D eigenvalue weighted by Gasteiger charge is 2.29. The fourth-order valence-electron chi connectivity index (χ4n) is 2.37. The van der Waals surface area contributed by atoms with Crippen molar-refractivity contribution in [2.24, 2.45) is 11.3 Å². The molecule has 0 saturated heterocycles. The number of aliphatic hydroxyl groups excluding tert-OH is 3. The van der Waals surface area contributed by atoms with Crippen LogP contribution in [0.5, 0.6) is 0 Å². The van der Waals surface area contributed by atoms with Crippen LogP contribution in [0.2, 0.25) is 0 Å². The van der Waals surface area contributed by atoms with Gasteiger partial charge in [0.05, 0.1) is 19.8 Å². The summed E-state index contributed by atoms with van der Waals surface area (Å²) in [4.78, 5) is 0. The van der Waals surface area contributed by atoms with E-state index in [2.05, 4.69) is 0 Å². The van der Waals surface area contributed by atoms with Crippen molar-refractivity contribution in [3.63, 3.8) is 0 Å². The van der Waals surface area contributed by atoms with Gasteiger partial charge in [0.15, 0.2) is 0 Å². The van der Waals surface area contributed by atoms with E-state index in [9.17, 15) is 15.3 Å². The Kier molecular flexibility index (Phi) is 5.58. The molecule has 0 bridgehead atoms. The highest BCUT2D eigenvalue weighted by Crippen LogP contribution is 2.32. The molecular formula is C12H24O3. The Morgan fingerprint density at radius 1 is 0.867 bits per heavy atom. The van der Waals surface area contributed by atoms with Crippen LogP contribution >= 0.6 is 0 Å². The van der Waals surface area contributed by atoms with E-state index in [-0.39, 0.29) is 19.8 Å². The van der Waals surface area contributed by atoms with E-state index in [0.717, 1.165) is 18.8 Å². The van der Waals surface area contributed by atoms with Crippen molar-refractivity contribution in [2.45, 2.75) is 44.9 Å². The van der Waals surface area contributed by atoms with Gasteiger partial charge >= 0.3 is 0 Å². The molecule has 0 atom stereocenters. The highest BCUT2D eigenvalue weighted by molar-refractivity contribution is 4.79. The topological polar surface area (TPSA) is 60.7 Å². The molecular weight excluding hydrogens is 192 g/mol. The van der Waals surface area contributed by atoms with Crippen LogP contribution in [0.15, 0.2) is 0 Å². The van der Waals surface area contributed by atoms with Crippen LogP contribution in [0.4, 0.5) is 0 Å². The maximum atomic E-state index is 9.19. The van der Waals surface area contributed by atoms with E-state index in [1.54, 1.807) is 0 Å². The van der Waals surface area contributed by atoms with Gasteiger partial charge in [0.2, 0.25) is 0 Å². The van der Waals surface area contributed by atoms with Gasteiger partial charge in [-0.05, 0) is 18.8 Å². The molecule has 0 aromatic rings. The van der Waals surface area contributed by atoms with Gasteiger partial charge in [-0.1, -0.05) is 32.1 Å². The first-order valence-corrected chi connectivity index (χ1v) is 6.09. The molecule has 1 fully saturated rings. The van der Waals surface area contributed by atoms with Crippen LogP contribution in [-0.4, -0.2) is 35.1 Å². The maximum Gasteiger partial charge on any atom is 0.0531 e. The Balaban J connectivity index is 2.31. The van der Waals surface area contributed by atoms with Gasteiger partial charge in [-0.3, -0.25) is 0 Å². The van der Waals surface area contributed by atoms with E-state index >= 15 is 0 Å². The molecule has 0 radical (unpaired) electrons. The monoisotopic (exact) mass is 216 g/mol. The van der Waals surface area contributed by atoms with Crippen molar-refractivity contribution in [3.05, 3.63) is 0 Å². The van der Waals surface area contributed by atoms with Crippen molar-refractivity contribution in [1.29, 1.82) is 0 Å². The third-order valence-corrected chi connectivity index (χ3v) is 3.81. The third-order valence-electron chi connectivity index (χ3n) is 3.81. The van der Waals surface area contributed by atoms with Gasteiger partial charge in [0.25, 0.3) is 0 Å². The molecule has 0 aromatic carbocycles. The Morgan fingerprint density at radius 3 is 1.87 bits per heavy atom. The zero-order valence-corrected chi connectivity index (χ0v) is 9.49. The minimum Gasteiger partial charge on any atom is -0.396 e. The average Bonchev–Trinajstić information content (AvgIpc) is 2.33. The second kappa shape index (κ2) is 6.46. The Bertz CT molecular complexity index is 152. The molecule has 90 valence electrons. The standard InChI is InChI=1S/C12H24O3/c13-8-12(9-14,10-15)7-6-11-4-2-1-3-5-11/h11,13-15H,1-10H2. The molecule has 1 saturated carbocycles. The summed E-state index contributed by atoms with van der Waals surface area (Å²) in [5.41, 5.74) is -0.655. The van der Waals surface area contributed by atoms with E-state index in [1.165, 1.54) is 32.1 Å². The smallest absolute Gasteiger partial charge is 0.0531 e. The van der Waals surface area contributed by atoms with Crippen LogP contribution in [0.25, 0.3) is 0 Å². The highest BCUT2D eigenvalue weighted by atomic mass is 16.3. The molecule has 3 N–H and O–H groups in total. The second-order valence-corrected chi connectivity index (χ2v) is 5.02. The van der Waals surface area contributed by atoms with Crippen molar-refractivity contribution in [2.75, 3.05) is 19.8 Å². The lowest BCUT2D eigenvalue weighted by atomic mass is 9.79. The number of hydrogen-bond donors (Lipinski definition) is 3. The zero-order valence-electron chi connectivity index (χ0n) is 9.49. The lowest BCUT2D eigenvalue weighted by Gasteiger charge is -2.30. The summed E-state index contributed by atoms with van der Waals surface area (Å²) >= 11 is 0. The summed E-state index contributed by atoms with van der Waals surface area (Å²) in [5, 5.41) is 27.6. The quantitative estimate of drug-likeness (QED) is 0.627. The molecule has 0 spiro atoms. The summed E-state index contributed by atoms with van der Waals surface area (Å²) in [5.74, 6) is 0.739. The summed E-state index contributed by atoms with van der Waals surface area (Å²) in [7, 11) is 0. The number of rotatable bonds is 6. The third kappa shape index (κ3) is 3.74. The van der Waals surface area contributed by atoms with Crippen molar-refractivity contribution < 1.29 is 15.3 Å². The molecule has 0 aliphatic heterocycles. The van der Waals surface area contributed by atoms with Crippen LogP contribution in [0.3, 0.4) is 0 Å². The van der Waals surface area contributed by atoms with E-state index in [1.807, 2.05) is 0 Å². The minimum atomic E-state index is -0.655. The van der Waals surface area contributed by atoms with Gasteiger partial charge < -0.3 is 15.3 Å². The zero-order chi connectivity index (χ0) is 11.1. The first kappa shape index (κ1) is 12.9. The molecule has 3 nitrogen and oxygen atoms in total. The summed E-state index contributed by atoms with van der Waals surface area (Å²) in [6.45, 7) is -0.355. The fourth-order valence-corrected chi connectivity index (χ4v) is 2.37. The molecule has 1 aliphatic rings. The van der Waals surface area contributed by atoms with Crippen LogP contribution < -0.4 is 0 Å². The van der Waals surface area contributed by atoms with E-state index in [4.69, 9.17) is 0 Å². The maximum absolute atomic E-state index is 9.19. The van der Waals surface area contributed by atoms with Gasteiger partial charge in [0.1, 0.15) is 0 Å². The van der Waals surface area contributed by atoms with Gasteiger partial charge in [-0.15, -0.1) is 0 Å². The molecule has 1 aliphatic carbocycles. The van der Waals surface area contributed by atoms with Gasteiger partial charge in [0, 0.05) is 5.41 Å². The van der Waals surface area contributed by atoms with Crippen molar-refractivity contribution in [3.8, 4) is 0 Å². The first-order valence-electron chi connectivity index (χ1n) is 6.09. The second-order valence-electron chi connectivity index (χ2n) is 5.02. The lowest BCUT2D eigenvalue weighted by molar-refractivity contribution is -0.00574. The molecule has 15 heavy (non-hydrogen) atoms. The number of hydrogen-bond acceptors (Lipinski definition) is 3. The molecule has 0 amide bonds. The molecule has 1 rings (SSSR count). The van der Waals surface area contributed by atoms with E-state index in [0.29, 0.717) is 0 Å². The van der Waals surface area contributed by atoms with Crippen molar-refractivity contribution in [1.82, 2.24) is 0 Å². The Labute approximate surface area is 92.1 Å². The largest absolute Gasteiger partial charge is 0.396 e. The predicted octanol–water partition coefficient (Wildman–Crippen LogP) is 1.31. The minimum absolute atomic E-state index is 0.118. The Hall–Kier alpha value is -0.120. The average molecular weight is 216 g/mol. The summed E-state index contributed by atoms with van der Waals surface area (Å²) < 4.78 is 0. The first-order chi connectivity index (χ1) is 7.26. The predicted molar refractivity (Wildman–Crippen MR) is 59.5 cm³/mol. The lowest BCUT2D eigenvalue weighted by Crippen LogP contribution is -2.34. The van der Waals surface area contributed by atoms with Gasteiger partial charge in [-0.2, -0.15) is 0 Å². The van der Waals surface area contributed by atoms with Crippen molar-refractivity contribution >= 4 is 0 Å². The molecule has 3 heteroatoms. The van der Waals surface area contributed by atoms with Gasteiger partial charge in [-0.25, -0.2) is 0 Å². The number of aliphatic hydroxyl groups is 3. The molecule has 0 aromatic heterocycles. The Morgan fingerprint density at radius 2 is 1.40 bits per heavy atom. The van der Waals surface area contributed by atoms with E-state index < -0.39 is 5.41 Å². The summed E-state index contributed by atoms with van der Waals surface area (Å²) in [6.07, 6.45) is 8.30. The SMILES string of the molecule is OCC(CO)(CO)CCC1CCCCC1. The van der Waals surface area contributed by atoms with Crippen LogP contribution in [-0.2, 0) is 0 Å². The molecule has 0 heterocycles. The summed E-state index contributed by atoms with van der Waals surface area (Å²) in [6, 6.07) is 0. The van der Waals surface area contributed by atoms with Crippen LogP contribution in [0.1, 0.15) is 44.9 Å². The van der Waals surface area contributed by atoms with Crippen LogP contribution in [0, 0.1) is 11.3 Å². The fraction of sp³-hybridized carbons (Fsp3) is 1.00.